The highest BCUT2D eigenvalue weighted by molar-refractivity contribution is 5.39. The number of ether oxygens (including phenoxy) is 2. The molecule has 0 heterocycles. The number of halogens is 2. The molecule has 0 bridgehead atoms. The summed E-state index contributed by atoms with van der Waals surface area (Å²) in [6.45, 7) is -0.280. The molecule has 0 aliphatic rings. The highest BCUT2D eigenvalue weighted by Crippen LogP contribution is 2.28. The third-order valence-corrected chi connectivity index (χ3v) is 2.80. The molecule has 2 aromatic rings. The van der Waals surface area contributed by atoms with Crippen LogP contribution in [-0.2, 0) is 0 Å². The maximum Gasteiger partial charge on any atom is 0.161 e. The zero-order valence-corrected chi connectivity index (χ0v) is 10.8. The molecular weight excluding hydrogens is 266 g/mol. The molecule has 0 spiro atoms. The normalized spacial score (nSPS) is 12.0. The molecule has 0 saturated heterocycles. The lowest BCUT2D eigenvalue weighted by Crippen LogP contribution is -2.13. The molecule has 5 heteroatoms. The lowest BCUT2D eigenvalue weighted by atomic mass is 10.1. The Kier molecular flexibility index (Phi) is 4.53. The average Bonchev–Trinajstić information content (AvgIpc) is 2.45. The van der Waals surface area contributed by atoms with Crippen LogP contribution in [0.15, 0.2) is 42.5 Å². The zero-order valence-electron chi connectivity index (χ0n) is 10.8. The van der Waals surface area contributed by atoms with Gasteiger partial charge in [0, 0.05) is 0 Å². The first-order chi connectivity index (χ1) is 9.63. The van der Waals surface area contributed by atoms with Gasteiger partial charge in [0.2, 0.25) is 0 Å². The Hall–Kier alpha value is -2.14. The first-order valence-electron chi connectivity index (χ1n) is 6.01. The molecule has 106 valence electrons. The van der Waals surface area contributed by atoms with Gasteiger partial charge in [-0.05, 0) is 24.3 Å². The number of aliphatic hydroxyl groups excluding tert-OH is 1. The third kappa shape index (κ3) is 3.05. The molecule has 0 amide bonds. The van der Waals surface area contributed by atoms with E-state index < -0.39 is 23.3 Å². The van der Waals surface area contributed by atoms with Crippen LogP contribution in [0.2, 0.25) is 0 Å². The number of benzene rings is 2. The Morgan fingerprint density at radius 3 is 2.20 bits per heavy atom. The second-order valence-electron chi connectivity index (χ2n) is 4.11. The van der Waals surface area contributed by atoms with E-state index in [0.717, 1.165) is 12.1 Å². The number of methoxy groups -OCH3 is 1. The van der Waals surface area contributed by atoms with Gasteiger partial charge in [0.25, 0.3) is 0 Å². The van der Waals surface area contributed by atoms with Crippen LogP contribution in [0.25, 0.3) is 0 Å². The van der Waals surface area contributed by atoms with Crippen LogP contribution in [0.4, 0.5) is 8.78 Å². The summed E-state index contributed by atoms with van der Waals surface area (Å²) in [5.74, 6) is -0.734. The van der Waals surface area contributed by atoms with E-state index in [-0.39, 0.29) is 6.61 Å². The topological polar surface area (TPSA) is 38.7 Å². The molecule has 0 saturated carbocycles. The first-order valence-corrected chi connectivity index (χ1v) is 6.01. The predicted molar refractivity (Wildman–Crippen MR) is 69.8 cm³/mol. The van der Waals surface area contributed by atoms with E-state index in [2.05, 4.69) is 0 Å². The highest BCUT2D eigenvalue weighted by atomic mass is 19.1. The van der Waals surface area contributed by atoms with Gasteiger partial charge >= 0.3 is 0 Å². The molecule has 0 fully saturated rings. The SMILES string of the molecule is COc1ccccc1OCC(O)c1c(F)cccc1F. The maximum atomic E-state index is 13.5. The molecule has 1 atom stereocenters. The van der Waals surface area contributed by atoms with Gasteiger partial charge in [-0.1, -0.05) is 18.2 Å². The summed E-state index contributed by atoms with van der Waals surface area (Å²) < 4.78 is 37.4. The Bertz CT molecular complexity index is 567. The van der Waals surface area contributed by atoms with Gasteiger partial charge in [-0.2, -0.15) is 0 Å². The summed E-state index contributed by atoms with van der Waals surface area (Å²) in [4.78, 5) is 0. The zero-order chi connectivity index (χ0) is 14.5. The quantitative estimate of drug-likeness (QED) is 0.914. The average molecular weight is 280 g/mol. The van der Waals surface area contributed by atoms with Crippen LogP contribution in [0.3, 0.4) is 0 Å². The second kappa shape index (κ2) is 6.34. The van der Waals surface area contributed by atoms with Crippen molar-refractivity contribution in [2.45, 2.75) is 6.10 Å². The van der Waals surface area contributed by atoms with Gasteiger partial charge in [0.1, 0.15) is 24.3 Å². The van der Waals surface area contributed by atoms with Gasteiger partial charge in [-0.15, -0.1) is 0 Å². The molecule has 1 N–H and O–H groups in total. The van der Waals surface area contributed by atoms with Crippen molar-refractivity contribution in [2.24, 2.45) is 0 Å². The van der Waals surface area contributed by atoms with Gasteiger partial charge in [-0.3, -0.25) is 0 Å². The molecule has 20 heavy (non-hydrogen) atoms. The lowest BCUT2D eigenvalue weighted by Gasteiger charge is -2.15. The minimum absolute atomic E-state index is 0.280. The van der Waals surface area contributed by atoms with Crippen LogP contribution in [0.1, 0.15) is 11.7 Å². The third-order valence-electron chi connectivity index (χ3n) is 2.80. The second-order valence-corrected chi connectivity index (χ2v) is 4.11. The Balaban J connectivity index is 2.11. The van der Waals surface area contributed by atoms with Crippen LogP contribution in [0.5, 0.6) is 11.5 Å². The maximum absolute atomic E-state index is 13.5. The van der Waals surface area contributed by atoms with Crippen molar-refractivity contribution >= 4 is 0 Å². The van der Waals surface area contributed by atoms with E-state index in [9.17, 15) is 13.9 Å². The molecule has 0 aromatic heterocycles. The van der Waals surface area contributed by atoms with Gasteiger partial charge < -0.3 is 14.6 Å². The molecule has 2 aromatic carbocycles. The van der Waals surface area contributed by atoms with Crippen LogP contribution < -0.4 is 9.47 Å². The fourth-order valence-electron chi connectivity index (χ4n) is 1.82. The molecule has 2 rings (SSSR count). The van der Waals surface area contributed by atoms with E-state index in [1.807, 2.05) is 0 Å². The van der Waals surface area contributed by atoms with Crippen molar-refractivity contribution in [3.8, 4) is 11.5 Å². The van der Waals surface area contributed by atoms with Crippen molar-refractivity contribution in [3.63, 3.8) is 0 Å². The molecule has 0 aliphatic carbocycles. The molecule has 0 radical (unpaired) electrons. The Morgan fingerprint density at radius 1 is 1.00 bits per heavy atom. The molecule has 0 aliphatic heterocycles. The lowest BCUT2D eigenvalue weighted by molar-refractivity contribution is 0.0997. The fourth-order valence-corrected chi connectivity index (χ4v) is 1.82. The first kappa shape index (κ1) is 14.3. The minimum Gasteiger partial charge on any atom is -0.493 e. The Labute approximate surface area is 115 Å². The molecule has 1 unspecified atom stereocenters. The summed E-state index contributed by atoms with van der Waals surface area (Å²) in [5.41, 5.74) is -0.401. The van der Waals surface area contributed by atoms with Crippen molar-refractivity contribution < 1.29 is 23.4 Å². The van der Waals surface area contributed by atoms with Crippen LogP contribution in [-0.4, -0.2) is 18.8 Å². The van der Waals surface area contributed by atoms with Crippen molar-refractivity contribution in [1.29, 1.82) is 0 Å². The van der Waals surface area contributed by atoms with E-state index in [1.54, 1.807) is 24.3 Å². The number of aliphatic hydroxyl groups is 1. The summed E-state index contributed by atoms with van der Waals surface area (Å²) in [6, 6.07) is 10.2. The smallest absolute Gasteiger partial charge is 0.161 e. The van der Waals surface area contributed by atoms with Crippen molar-refractivity contribution in [2.75, 3.05) is 13.7 Å². The predicted octanol–water partition coefficient (Wildman–Crippen LogP) is 3.09. The molecular formula is C15H14F2O3. The number of hydrogen-bond donors (Lipinski definition) is 1. The largest absolute Gasteiger partial charge is 0.493 e. The summed E-state index contributed by atoms with van der Waals surface area (Å²) in [5, 5.41) is 9.86. The standard InChI is InChI=1S/C15H14F2O3/c1-19-13-7-2-3-8-14(13)20-9-12(18)15-10(16)5-4-6-11(15)17/h2-8,12,18H,9H2,1H3. The number of rotatable bonds is 5. The monoisotopic (exact) mass is 280 g/mol. The van der Waals surface area contributed by atoms with Gasteiger partial charge in [0.15, 0.2) is 11.5 Å². The van der Waals surface area contributed by atoms with Crippen LogP contribution in [0, 0.1) is 11.6 Å². The minimum atomic E-state index is -1.40. The number of hydrogen-bond acceptors (Lipinski definition) is 3. The fraction of sp³-hybridized carbons (Fsp3) is 0.200. The summed E-state index contributed by atoms with van der Waals surface area (Å²) in [7, 11) is 1.48. The molecule has 3 nitrogen and oxygen atoms in total. The number of para-hydroxylation sites is 2. The Morgan fingerprint density at radius 2 is 1.60 bits per heavy atom. The van der Waals surface area contributed by atoms with E-state index in [1.165, 1.54) is 13.2 Å². The summed E-state index contributed by atoms with van der Waals surface area (Å²) in [6.07, 6.45) is -1.40. The van der Waals surface area contributed by atoms with E-state index in [0.29, 0.717) is 11.5 Å². The van der Waals surface area contributed by atoms with Gasteiger partial charge in [-0.25, -0.2) is 8.78 Å². The highest BCUT2D eigenvalue weighted by Gasteiger charge is 2.18. The van der Waals surface area contributed by atoms with Crippen molar-refractivity contribution in [3.05, 3.63) is 59.7 Å². The summed E-state index contributed by atoms with van der Waals surface area (Å²) >= 11 is 0. The van der Waals surface area contributed by atoms with Crippen molar-refractivity contribution in [1.82, 2.24) is 0 Å². The van der Waals surface area contributed by atoms with E-state index in [4.69, 9.17) is 9.47 Å². The van der Waals surface area contributed by atoms with Gasteiger partial charge in [0.05, 0.1) is 12.7 Å². The van der Waals surface area contributed by atoms with Crippen LogP contribution >= 0.6 is 0 Å². The van der Waals surface area contributed by atoms with E-state index >= 15 is 0 Å².